The summed E-state index contributed by atoms with van der Waals surface area (Å²) in [5, 5.41) is 17.3. The topological polar surface area (TPSA) is 136 Å². The monoisotopic (exact) mass is 534 g/mol. The van der Waals surface area contributed by atoms with E-state index in [1.165, 1.54) is 19.3 Å². The SMILES string of the molecule is C=C[C@@H](C[C@H](O)[C@H](CC1CCCCC1)NC(=O)[C@H](Cc1cnc[nH]1)NC(=O)c1nc2ccccc2[nH]1)C(C)C. The molecule has 2 heterocycles. The van der Waals surface area contributed by atoms with Crippen LogP contribution in [-0.2, 0) is 11.2 Å². The van der Waals surface area contributed by atoms with Crippen molar-refractivity contribution in [2.45, 2.75) is 83.4 Å². The average molecular weight is 535 g/mol. The zero-order valence-electron chi connectivity index (χ0n) is 23.0. The molecule has 9 nitrogen and oxygen atoms in total. The first-order valence-corrected chi connectivity index (χ1v) is 14.2. The number of nitrogens with zero attached hydrogens (tertiary/aromatic N) is 2. The molecule has 210 valence electrons. The molecule has 0 radical (unpaired) electrons. The molecule has 9 heteroatoms. The number of hydrogen-bond donors (Lipinski definition) is 5. The van der Waals surface area contributed by atoms with Crippen LogP contribution < -0.4 is 10.6 Å². The van der Waals surface area contributed by atoms with E-state index in [2.05, 4.69) is 51.0 Å². The minimum Gasteiger partial charge on any atom is -0.391 e. The highest BCUT2D eigenvalue weighted by Gasteiger charge is 2.31. The summed E-state index contributed by atoms with van der Waals surface area (Å²) in [6.45, 7) is 8.18. The predicted octanol–water partition coefficient (Wildman–Crippen LogP) is 4.29. The second-order valence-electron chi connectivity index (χ2n) is 11.2. The van der Waals surface area contributed by atoms with Gasteiger partial charge >= 0.3 is 0 Å². The summed E-state index contributed by atoms with van der Waals surface area (Å²) in [7, 11) is 0. The highest BCUT2D eigenvalue weighted by molar-refractivity contribution is 5.97. The summed E-state index contributed by atoms with van der Waals surface area (Å²) < 4.78 is 0. The lowest BCUT2D eigenvalue weighted by atomic mass is 9.81. The van der Waals surface area contributed by atoms with E-state index >= 15 is 0 Å². The van der Waals surface area contributed by atoms with Crippen LogP contribution in [0.1, 0.15) is 75.1 Å². The number of fused-ring (bicyclic) bond motifs is 1. The van der Waals surface area contributed by atoms with E-state index in [1.807, 2.05) is 30.3 Å². The molecule has 1 aliphatic rings. The van der Waals surface area contributed by atoms with Crippen molar-refractivity contribution >= 4 is 22.8 Å². The molecule has 2 aromatic heterocycles. The maximum atomic E-state index is 13.7. The molecular weight excluding hydrogens is 492 g/mol. The van der Waals surface area contributed by atoms with Crippen molar-refractivity contribution in [1.29, 1.82) is 0 Å². The fourth-order valence-corrected chi connectivity index (χ4v) is 5.57. The van der Waals surface area contributed by atoms with Gasteiger partial charge in [0.1, 0.15) is 6.04 Å². The third-order valence-corrected chi connectivity index (χ3v) is 7.98. The van der Waals surface area contributed by atoms with Gasteiger partial charge in [-0.15, -0.1) is 6.58 Å². The lowest BCUT2D eigenvalue weighted by molar-refractivity contribution is -0.124. The van der Waals surface area contributed by atoms with E-state index in [4.69, 9.17) is 0 Å². The van der Waals surface area contributed by atoms with E-state index in [0.29, 0.717) is 30.2 Å². The van der Waals surface area contributed by atoms with Crippen LogP contribution in [0.2, 0.25) is 0 Å². The number of H-pyrrole nitrogens is 2. The molecule has 1 saturated carbocycles. The minimum absolute atomic E-state index is 0.138. The van der Waals surface area contributed by atoms with E-state index < -0.39 is 24.1 Å². The summed E-state index contributed by atoms with van der Waals surface area (Å²) in [5.74, 6) is 0.258. The Morgan fingerprint density at radius 3 is 2.62 bits per heavy atom. The fourth-order valence-electron chi connectivity index (χ4n) is 5.57. The lowest BCUT2D eigenvalue weighted by Gasteiger charge is -2.33. The van der Waals surface area contributed by atoms with Crippen molar-refractivity contribution in [3.63, 3.8) is 0 Å². The molecule has 0 saturated heterocycles. The van der Waals surface area contributed by atoms with Gasteiger partial charge in [-0.2, -0.15) is 0 Å². The number of hydrogen-bond acceptors (Lipinski definition) is 5. The summed E-state index contributed by atoms with van der Waals surface area (Å²) >= 11 is 0. The number of nitrogens with one attached hydrogen (secondary N) is 4. The van der Waals surface area contributed by atoms with Gasteiger partial charge in [0.15, 0.2) is 5.82 Å². The zero-order chi connectivity index (χ0) is 27.8. The Balaban J connectivity index is 1.52. The third-order valence-electron chi connectivity index (χ3n) is 7.98. The molecular formula is C30H42N6O3. The molecule has 0 bridgehead atoms. The number of amides is 2. The molecule has 2 amide bonds. The molecule has 1 aliphatic carbocycles. The van der Waals surface area contributed by atoms with E-state index in [0.717, 1.165) is 24.1 Å². The van der Waals surface area contributed by atoms with E-state index in [-0.39, 0.29) is 24.1 Å². The number of benzene rings is 1. The van der Waals surface area contributed by atoms with Crippen molar-refractivity contribution in [3.05, 3.63) is 61.0 Å². The number of aliphatic hydroxyl groups excluding tert-OH is 1. The second kappa shape index (κ2) is 13.6. The molecule has 1 fully saturated rings. The Morgan fingerprint density at radius 2 is 1.95 bits per heavy atom. The Bertz CT molecular complexity index is 1180. The number of aromatic nitrogens is 4. The van der Waals surface area contributed by atoms with Crippen LogP contribution >= 0.6 is 0 Å². The maximum Gasteiger partial charge on any atom is 0.287 e. The Hall–Kier alpha value is -3.46. The average Bonchev–Trinajstić information content (AvgIpc) is 3.61. The fraction of sp³-hybridized carbons (Fsp3) is 0.533. The smallest absolute Gasteiger partial charge is 0.287 e. The van der Waals surface area contributed by atoms with Gasteiger partial charge in [0.05, 0.1) is 29.5 Å². The van der Waals surface area contributed by atoms with Crippen molar-refractivity contribution < 1.29 is 14.7 Å². The molecule has 0 aliphatic heterocycles. The largest absolute Gasteiger partial charge is 0.391 e. The van der Waals surface area contributed by atoms with Gasteiger partial charge in [-0.3, -0.25) is 9.59 Å². The summed E-state index contributed by atoms with van der Waals surface area (Å²) in [6, 6.07) is 6.08. The normalized spacial score (nSPS) is 17.4. The maximum absolute atomic E-state index is 13.7. The molecule has 0 unspecified atom stereocenters. The molecule has 4 atom stereocenters. The van der Waals surface area contributed by atoms with Crippen molar-refractivity contribution in [1.82, 2.24) is 30.6 Å². The van der Waals surface area contributed by atoms with Gasteiger partial charge in [-0.25, -0.2) is 9.97 Å². The number of rotatable bonds is 13. The molecule has 0 spiro atoms. The number of para-hydroxylation sites is 2. The lowest BCUT2D eigenvalue weighted by Crippen LogP contribution is -2.54. The van der Waals surface area contributed by atoms with Crippen LogP contribution in [0.5, 0.6) is 0 Å². The Morgan fingerprint density at radius 1 is 1.18 bits per heavy atom. The van der Waals surface area contributed by atoms with Crippen LogP contribution in [0.15, 0.2) is 49.4 Å². The number of allylic oxidation sites excluding steroid dienone is 1. The van der Waals surface area contributed by atoms with Crippen molar-refractivity contribution in [3.8, 4) is 0 Å². The molecule has 39 heavy (non-hydrogen) atoms. The van der Waals surface area contributed by atoms with Crippen LogP contribution in [0.4, 0.5) is 0 Å². The van der Waals surface area contributed by atoms with Gasteiger partial charge in [-0.1, -0.05) is 64.2 Å². The molecule has 4 rings (SSSR count). The van der Waals surface area contributed by atoms with Gasteiger partial charge < -0.3 is 25.7 Å². The van der Waals surface area contributed by atoms with Crippen LogP contribution in [-0.4, -0.2) is 55.0 Å². The molecule has 5 N–H and O–H groups in total. The van der Waals surface area contributed by atoms with Crippen molar-refractivity contribution in [2.75, 3.05) is 0 Å². The summed E-state index contributed by atoms with van der Waals surface area (Å²) in [5.41, 5.74) is 2.14. The van der Waals surface area contributed by atoms with Gasteiger partial charge in [0.25, 0.3) is 5.91 Å². The highest BCUT2D eigenvalue weighted by atomic mass is 16.3. The Labute approximate surface area is 230 Å². The molecule has 3 aromatic rings. The first-order valence-electron chi connectivity index (χ1n) is 14.2. The number of aliphatic hydroxyl groups is 1. The quantitative estimate of drug-likeness (QED) is 0.208. The number of aromatic amines is 2. The molecule has 1 aromatic carbocycles. The number of carbonyl (C=O) groups is 2. The first-order chi connectivity index (χ1) is 18.8. The standard InChI is InChI=1S/C30H42N6O3/c1-4-21(19(2)3)15-27(37)25(14-20-10-6-5-7-11-20)35-29(38)26(16-22-17-31-18-32-22)36-30(39)28-33-23-12-8-9-13-24(23)34-28/h4,8-9,12-13,17-21,25-27,37H,1,5-7,10-11,14-16H2,2-3H3,(H,31,32)(H,33,34)(H,35,38)(H,36,39)/t21-,25-,26-,27-/m0/s1. The van der Waals surface area contributed by atoms with Gasteiger partial charge in [0, 0.05) is 18.3 Å². The zero-order valence-corrected chi connectivity index (χ0v) is 23.0. The van der Waals surface area contributed by atoms with E-state index in [9.17, 15) is 14.7 Å². The predicted molar refractivity (Wildman–Crippen MR) is 152 cm³/mol. The Kier molecular flexibility index (Phi) is 9.92. The summed E-state index contributed by atoms with van der Waals surface area (Å²) in [4.78, 5) is 41.4. The van der Waals surface area contributed by atoms with Crippen molar-refractivity contribution in [2.24, 2.45) is 17.8 Å². The minimum atomic E-state index is -0.882. The number of imidazole rings is 2. The van der Waals surface area contributed by atoms with Crippen LogP contribution in [0, 0.1) is 17.8 Å². The number of carbonyl (C=O) groups excluding carboxylic acids is 2. The second-order valence-corrected chi connectivity index (χ2v) is 11.2. The third kappa shape index (κ3) is 7.79. The highest BCUT2D eigenvalue weighted by Crippen LogP contribution is 2.30. The van der Waals surface area contributed by atoms with Gasteiger partial charge in [-0.05, 0) is 42.7 Å². The van der Waals surface area contributed by atoms with Crippen LogP contribution in [0.25, 0.3) is 11.0 Å². The first kappa shape index (κ1) is 28.5. The van der Waals surface area contributed by atoms with E-state index in [1.54, 1.807) is 12.5 Å². The van der Waals surface area contributed by atoms with Gasteiger partial charge in [0.2, 0.25) is 5.91 Å². The van der Waals surface area contributed by atoms with Crippen LogP contribution in [0.3, 0.4) is 0 Å². The summed E-state index contributed by atoms with van der Waals surface area (Å²) in [6.07, 6.45) is 11.6.